The number of rotatable bonds is 12. The van der Waals surface area contributed by atoms with Crippen LogP contribution in [0, 0.1) is 17.2 Å². The number of nitrogens with one attached hydrogen (secondary N) is 1. The zero-order valence-corrected chi connectivity index (χ0v) is 17.2. The molecule has 7 nitrogen and oxygen atoms in total. The van der Waals surface area contributed by atoms with Gasteiger partial charge < -0.3 is 14.7 Å². The molecule has 29 heavy (non-hydrogen) atoms. The van der Waals surface area contributed by atoms with Crippen LogP contribution in [-0.2, 0) is 4.79 Å². The monoisotopic (exact) mass is 414 g/mol. The molecule has 3 heterocycles. The van der Waals surface area contributed by atoms with Gasteiger partial charge in [0.1, 0.15) is 5.69 Å². The summed E-state index contributed by atoms with van der Waals surface area (Å²) in [5.74, 6) is 0.803. The zero-order chi connectivity index (χ0) is 20.5. The molecule has 0 spiro atoms. The minimum Gasteiger partial charge on any atom is -0.355 e. The first-order valence-corrected chi connectivity index (χ1v) is 11.0. The summed E-state index contributed by atoms with van der Waals surface area (Å²) in [7, 11) is 0. The second-order valence-corrected chi connectivity index (χ2v) is 8.24. The highest BCUT2D eigenvalue weighted by molar-refractivity contribution is 7.13. The van der Waals surface area contributed by atoms with Crippen LogP contribution in [0.3, 0.4) is 0 Å². The summed E-state index contributed by atoms with van der Waals surface area (Å²) in [6.07, 6.45) is 4.85. The van der Waals surface area contributed by atoms with Gasteiger partial charge in [0.25, 0.3) is 0 Å². The molecule has 0 radical (unpaired) electrons. The number of nitriles is 1. The van der Waals surface area contributed by atoms with Crippen LogP contribution in [0.15, 0.2) is 28.1 Å². The van der Waals surface area contributed by atoms with Crippen LogP contribution in [0.5, 0.6) is 0 Å². The number of Topliss-reactive ketones (excluding diaryl/α,β-unsaturated/α-hetero) is 1. The second-order valence-electron chi connectivity index (χ2n) is 7.30. The highest BCUT2D eigenvalue weighted by Crippen LogP contribution is 2.25. The van der Waals surface area contributed by atoms with Crippen molar-refractivity contribution in [2.75, 3.05) is 26.2 Å². The maximum Gasteiger partial charge on any atom is 0.225 e. The van der Waals surface area contributed by atoms with Crippen LogP contribution < -0.4 is 5.32 Å². The zero-order valence-electron chi connectivity index (χ0n) is 16.4. The third kappa shape index (κ3) is 6.24. The van der Waals surface area contributed by atoms with E-state index in [1.807, 2.05) is 23.6 Å². The molecule has 0 bridgehead atoms. The molecular formula is C21H26N4O3S. The van der Waals surface area contributed by atoms with Gasteiger partial charge in [0.2, 0.25) is 5.91 Å². The molecule has 1 N–H and O–H groups in total. The van der Waals surface area contributed by atoms with Gasteiger partial charge in [0, 0.05) is 32.1 Å². The molecule has 0 aromatic carbocycles. The van der Waals surface area contributed by atoms with E-state index in [1.54, 1.807) is 17.4 Å². The molecule has 3 rings (SSSR count). The molecule has 8 heteroatoms. The van der Waals surface area contributed by atoms with Gasteiger partial charge in [-0.15, -0.1) is 11.3 Å². The second kappa shape index (κ2) is 10.9. The number of hydrogen-bond acceptors (Lipinski definition) is 7. The van der Waals surface area contributed by atoms with E-state index in [4.69, 9.17) is 9.78 Å². The van der Waals surface area contributed by atoms with Crippen molar-refractivity contribution in [3.8, 4) is 16.7 Å². The molecule has 1 aliphatic heterocycles. The lowest BCUT2D eigenvalue weighted by atomic mass is 9.98. The van der Waals surface area contributed by atoms with Gasteiger partial charge in [0.05, 0.1) is 23.3 Å². The van der Waals surface area contributed by atoms with Crippen LogP contribution in [-0.4, -0.2) is 47.9 Å². The quantitative estimate of drug-likeness (QED) is 0.421. The van der Waals surface area contributed by atoms with Crippen molar-refractivity contribution < 1.29 is 14.1 Å². The highest BCUT2D eigenvalue weighted by Gasteiger charge is 2.31. The summed E-state index contributed by atoms with van der Waals surface area (Å²) >= 11 is 1.56. The fourth-order valence-electron chi connectivity index (χ4n) is 3.35. The van der Waals surface area contributed by atoms with Gasteiger partial charge in [-0.05, 0) is 30.8 Å². The van der Waals surface area contributed by atoms with E-state index in [-0.39, 0.29) is 17.6 Å². The van der Waals surface area contributed by atoms with Crippen molar-refractivity contribution in [2.24, 2.45) is 5.92 Å². The molecule has 2 aromatic rings. The van der Waals surface area contributed by atoms with Gasteiger partial charge in [-0.1, -0.05) is 24.1 Å². The maximum absolute atomic E-state index is 12.2. The van der Waals surface area contributed by atoms with E-state index >= 15 is 0 Å². The van der Waals surface area contributed by atoms with Crippen molar-refractivity contribution in [3.63, 3.8) is 0 Å². The summed E-state index contributed by atoms with van der Waals surface area (Å²) < 4.78 is 5.26. The third-order valence-corrected chi connectivity index (χ3v) is 5.94. The number of carbonyl (C=O) groups excluding carboxylic acids is 2. The Morgan fingerprint density at radius 2 is 2.14 bits per heavy atom. The Bertz CT molecular complexity index is 834. The average Bonchev–Trinajstić information content (AvgIpc) is 3.37. The maximum atomic E-state index is 12.2. The van der Waals surface area contributed by atoms with Crippen LogP contribution in [0.4, 0.5) is 0 Å². The van der Waals surface area contributed by atoms with E-state index in [9.17, 15) is 9.59 Å². The van der Waals surface area contributed by atoms with Crippen LogP contribution in [0.1, 0.15) is 49.0 Å². The number of hydrogen-bond donors (Lipinski definition) is 1. The number of unbranched alkanes of at least 4 members (excludes halogenated alkanes) is 3. The van der Waals surface area contributed by atoms with E-state index in [0.29, 0.717) is 30.8 Å². The topological polar surface area (TPSA) is 99.2 Å². The molecule has 154 valence electrons. The normalized spacial score (nSPS) is 14.3. The number of thiophene rings is 1. The van der Waals surface area contributed by atoms with Gasteiger partial charge in [-0.2, -0.15) is 5.26 Å². The Kier molecular flexibility index (Phi) is 7.96. The molecule has 1 fully saturated rings. The van der Waals surface area contributed by atoms with Crippen molar-refractivity contribution >= 4 is 23.0 Å². The number of aromatic nitrogens is 1. The van der Waals surface area contributed by atoms with E-state index in [1.165, 1.54) is 0 Å². The third-order valence-electron chi connectivity index (χ3n) is 5.05. The summed E-state index contributed by atoms with van der Waals surface area (Å²) in [5.41, 5.74) is 0.410. The lowest BCUT2D eigenvalue weighted by molar-refractivity contribution is -0.130. The Hall–Kier alpha value is -2.50. The minimum atomic E-state index is 0.0320. The molecule has 0 saturated carbocycles. The van der Waals surface area contributed by atoms with Crippen molar-refractivity contribution in [2.45, 2.75) is 38.5 Å². The lowest BCUT2D eigenvalue weighted by Crippen LogP contribution is -2.53. The Balaban J connectivity index is 1.22. The molecule has 0 atom stereocenters. The van der Waals surface area contributed by atoms with Gasteiger partial charge in [0.15, 0.2) is 11.5 Å². The van der Waals surface area contributed by atoms with Gasteiger partial charge >= 0.3 is 0 Å². The van der Waals surface area contributed by atoms with Gasteiger partial charge in [-0.3, -0.25) is 9.59 Å². The summed E-state index contributed by atoms with van der Waals surface area (Å²) in [5, 5.41) is 17.1. The van der Waals surface area contributed by atoms with Gasteiger partial charge in [-0.25, -0.2) is 0 Å². The first kappa shape index (κ1) is 21.2. The summed E-state index contributed by atoms with van der Waals surface area (Å²) in [6.45, 7) is 3.03. The summed E-state index contributed by atoms with van der Waals surface area (Å²) in [6, 6.07) is 7.63. The largest absolute Gasteiger partial charge is 0.355 e. The molecule has 0 aliphatic carbocycles. The van der Waals surface area contributed by atoms with E-state index in [2.05, 4.69) is 15.4 Å². The molecule has 1 saturated heterocycles. The molecule has 2 aromatic heterocycles. The fraction of sp³-hybridized carbons (Fsp3) is 0.524. The lowest BCUT2D eigenvalue weighted by Gasteiger charge is -2.38. The Morgan fingerprint density at radius 3 is 2.90 bits per heavy atom. The molecule has 1 amide bonds. The van der Waals surface area contributed by atoms with Crippen LogP contribution >= 0.6 is 11.3 Å². The average molecular weight is 415 g/mol. The fourth-order valence-corrected chi connectivity index (χ4v) is 4.02. The highest BCUT2D eigenvalue weighted by atomic mass is 32.1. The Morgan fingerprint density at radius 1 is 1.31 bits per heavy atom. The van der Waals surface area contributed by atoms with E-state index < -0.39 is 0 Å². The van der Waals surface area contributed by atoms with E-state index in [0.717, 1.165) is 50.2 Å². The first-order valence-electron chi connectivity index (χ1n) is 10.1. The molecular weight excluding hydrogens is 388 g/mol. The first-order chi connectivity index (χ1) is 14.2. The van der Waals surface area contributed by atoms with Crippen LogP contribution in [0.2, 0.25) is 0 Å². The number of ketones is 1. The Labute approximate surface area is 174 Å². The SMILES string of the molecule is N#CCCNC(=O)C1CN(CCCCCCC(=O)c2cc(-c3cccs3)on2)C1. The van der Waals surface area contributed by atoms with Crippen molar-refractivity contribution in [1.29, 1.82) is 5.26 Å². The standard InChI is InChI=1S/C21H26N4O3S/c22-9-6-10-23-21(27)16-14-25(15-16)11-4-2-1-3-7-18(26)17-13-19(28-24-17)20-8-5-12-29-20/h5,8,12-13,16H,1-4,6-7,10-11,14-15H2,(H,23,27). The smallest absolute Gasteiger partial charge is 0.225 e. The molecule has 1 aliphatic rings. The molecule has 0 unspecified atom stereocenters. The predicted molar refractivity (Wildman–Crippen MR) is 110 cm³/mol. The number of nitrogens with zero attached hydrogens (tertiary/aromatic N) is 3. The number of likely N-dealkylation sites (tertiary alicyclic amines) is 1. The minimum absolute atomic E-state index is 0.0320. The number of carbonyl (C=O) groups is 2. The number of amides is 1. The summed E-state index contributed by atoms with van der Waals surface area (Å²) in [4.78, 5) is 27.3. The predicted octanol–water partition coefficient (Wildman–Crippen LogP) is 3.50. The van der Waals surface area contributed by atoms with Crippen LogP contribution in [0.25, 0.3) is 10.6 Å². The van der Waals surface area contributed by atoms with Crippen molar-refractivity contribution in [3.05, 3.63) is 29.3 Å². The van der Waals surface area contributed by atoms with Crippen molar-refractivity contribution in [1.82, 2.24) is 15.4 Å².